The SMILES string of the molecule is CC(CC(=O)N1CCN2C(=O)NCC2C1)C1CCNCC1. The van der Waals surface area contributed by atoms with Crippen molar-refractivity contribution in [1.29, 1.82) is 0 Å². The largest absolute Gasteiger partial charge is 0.339 e. The summed E-state index contributed by atoms with van der Waals surface area (Å²) in [6, 6.07) is 0.194. The van der Waals surface area contributed by atoms with E-state index in [9.17, 15) is 9.59 Å². The van der Waals surface area contributed by atoms with Gasteiger partial charge in [-0.3, -0.25) is 4.79 Å². The third-order valence-corrected chi connectivity index (χ3v) is 5.27. The van der Waals surface area contributed by atoms with Gasteiger partial charge in [-0.25, -0.2) is 4.79 Å². The van der Waals surface area contributed by atoms with Crippen LogP contribution >= 0.6 is 0 Å². The number of nitrogens with zero attached hydrogens (tertiary/aromatic N) is 2. The molecular formula is C15H26N4O2. The number of urea groups is 1. The zero-order valence-corrected chi connectivity index (χ0v) is 12.8. The van der Waals surface area contributed by atoms with Gasteiger partial charge in [0.1, 0.15) is 0 Å². The van der Waals surface area contributed by atoms with Crippen LogP contribution in [0.15, 0.2) is 0 Å². The Morgan fingerprint density at radius 2 is 2.10 bits per heavy atom. The molecule has 3 rings (SSSR count). The summed E-state index contributed by atoms with van der Waals surface area (Å²) in [6.45, 7) is 7.09. The Kier molecular flexibility index (Phi) is 4.33. The highest BCUT2D eigenvalue weighted by Crippen LogP contribution is 2.25. The molecule has 3 aliphatic heterocycles. The van der Waals surface area contributed by atoms with Crippen LogP contribution in [0.4, 0.5) is 4.79 Å². The van der Waals surface area contributed by atoms with Crippen LogP contribution in [0.5, 0.6) is 0 Å². The first-order valence-electron chi connectivity index (χ1n) is 8.18. The molecule has 0 aromatic heterocycles. The van der Waals surface area contributed by atoms with E-state index in [0.717, 1.165) is 13.1 Å². The molecule has 2 atom stereocenters. The van der Waals surface area contributed by atoms with Gasteiger partial charge < -0.3 is 20.4 Å². The quantitative estimate of drug-likeness (QED) is 0.784. The summed E-state index contributed by atoms with van der Waals surface area (Å²) in [6.07, 6.45) is 3.02. The highest BCUT2D eigenvalue weighted by Gasteiger charge is 2.37. The first-order valence-corrected chi connectivity index (χ1v) is 8.18. The van der Waals surface area contributed by atoms with Crippen molar-refractivity contribution in [2.45, 2.75) is 32.2 Å². The van der Waals surface area contributed by atoms with E-state index in [2.05, 4.69) is 17.6 Å². The molecule has 3 aliphatic rings. The Morgan fingerprint density at radius 3 is 2.86 bits per heavy atom. The lowest BCUT2D eigenvalue weighted by atomic mass is 9.84. The summed E-state index contributed by atoms with van der Waals surface area (Å²) in [7, 11) is 0. The second-order valence-electron chi connectivity index (χ2n) is 6.64. The maximum absolute atomic E-state index is 12.5. The molecule has 2 N–H and O–H groups in total. The second-order valence-corrected chi connectivity index (χ2v) is 6.64. The number of carbonyl (C=O) groups excluding carboxylic acids is 2. The minimum Gasteiger partial charge on any atom is -0.339 e. The van der Waals surface area contributed by atoms with Gasteiger partial charge in [-0.05, 0) is 37.8 Å². The fourth-order valence-electron chi connectivity index (χ4n) is 3.82. The summed E-state index contributed by atoms with van der Waals surface area (Å²) in [5.41, 5.74) is 0. The van der Waals surface area contributed by atoms with Gasteiger partial charge in [-0.1, -0.05) is 6.92 Å². The zero-order valence-electron chi connectivity index (χ0n) is 12.8. The summed E-state index contributed by atoms with van der Waals surface area (Å²) < 4.78 is 0. The molecule has 3 fully saturated rings. The number of rotatable bonds is 3. The van der Waals surface area contributed by atoms with Gasteiger partial charge in [0, 0.05) is 32.6 Å². The maximum atomic E-state index is 12.5. The fraction of sp³-hybridized carbons (Fsp3) is 0.867. The summed E-state index contributed by atoms with van der Waals surface area (Å²) >= 11 is 0. The van der Waals surface area contributed by atoms with Crippen LogP contribution in [-0.4, -0.2) is 67.0 Å². The molecule has 0 radical (unpaired) electrons. The lowest BCUT2D eigenvalue weighted by Gasteiger charge is -2.37. The van der Waals surface area contributed by atoms with Crippen LogP contribution in [0.25, 0.3) is 0 Å². The van der Waals surface area contributed by atoms with Crippen molar-refractivity contribution in [3.63, 3.8) is 0 Å². The van der Waals surface area contributed by atoms with E-state index in [-0.39, 0.29) is 18.0 Å². The van der Waals surface area contributed by atoms with Crippen molar-refractivity contribution < 1.29 is 9.59 Å². The molecule has 0 aromatic rings. The van der Waals surface area contributed by atoms with Crippen molar-refractivity contribution in [3.8, 4) is 0 Å². The highest BCUT2D eigenvalue weighted by molar-refractivity contribution is 5.79. The predicted octanol–water partition coefficient (Wildman–Crippen LogP) is 0.248. The Hall–Kier alpha value is -1.30. The maximum Gasteiger partial charge on any atom is 0.317 e. The van der Waals surface area contributed by atoms with E-state index in [1.54, 1.807) is 0 Å². The zero-order chi connectivity index (χ0) is 14.8. The predicted molar refractivity (Wildman–Crippen MR) is 79.8 cm³/mol. The van der Waals surface area contributed by atoms with Gasteiger partial charge in [-0.15, -0.1) is 0 Å². The number of nitrogens with one attached hydrogen (secondary N) is 2. The van der Waals surface area contributed by atoms with Gasteiger partial charge >= 0.3 is 6.03 Å². The molecule has 3 saturated heterocycles. The average Bonchev–Trinajstić information content (AvgIpc) is 2.89. The minimum absolute atomic E-state index is 0.0233. The van der Waals surface area contributed by atoms with E-state index in [1.807, 2.05) is 9.80 Å². The normalized spacial score (nSPS) is 28.2. The monoisotopic (exact) mass is 294 g/mol. The summed E-state index contributed by atoms with van der Waals surface area (Å²) in [5.74, 6) is 1.40. The molecule has 0 bridgehead atoms. The molecule has 21 heavy (non-hydrogen) atoms. The molecule has 118 valence electrons. The Labute approximate surface area is 126 Å². The molecule has 0 aliphatic carbocycles. The van der Waals surface area contributed by atoms with Gasteiger partial charge in [0.2, 0.25) is 5.91 Å². The Bertz CT molecular complexity index is 408. The van der Waals surface area contributed by atoms with E-state index in [4.69, 9.17) is 0 Å². The molecule has 3 heterocycles. The van der Waals surface area contributed by atoms with Crippen molar-refractivity contribution in [3.05, 3.63) is 0 Å². The number of amides is 3. The second kappa shape index (κ2) is 6.22. The number of carbonyl (C=O) groups is 2. The smallest absolute Gasteiger partial charge is 0.317 e. The highest BCUT2D eigenvalue weighted by atomic mass is 16.2. The lowest BCUT2D eigenvalue weighted by Crippen LogP contribution is -2.54. The van der Waals surface area contributed by atoms with Crippen LogP contribution in [0.1, 0.15) is 26.2 Å². The van der Waals surface area contributed by atoms with E-state index in [1.165, 1.54) is 12.8 Å². The van der Waals surface area contributed by atoms with Gasteiger partial charge in [0.05, 0.1) is 6.04 Å². The minimum atomic E-state index is 0.0233. The molecule has 2 unspecified atom stereocenters. The molecule has 6 heteroatoms. The summed E-state index contributed by atoms with van der Waals surface area (Å²) in [4.78, 5) is 27.9. The lowest BCUT2D eigenvalue weighted by molar-refractivity contribution is -0.134. The Morgan fingerprint density at radius 1 is 1.33 bits per heavy atom. The van der Waals surface area contributed by atoms with Crippen LogP contribution in [-0.2, 0) is 4.79 Å². The van der Waals surface area contributed by atoms with Crippen LogP contribution in [0.3, 0.4) is 0 Å². The third-order valence-electron chi connectivity index (χ3n) is 5.27. The van der Waals surface area contributed by atoms with E-state index in [0.29, 0.717) is 44.4 Å². The van der Waals surface area contributed by atoms with Crippen molar-refractivity contribution >= 4 is 11.9 Å². The van der Waals surface area contributed by atoms with Gasteiger partial charge in [-0.2, -0.15) is 0 Å². The molecule has 6 nitrogen and oxygen atoms in total. The van der Waals surface area contributed by atoms with Gasteiger partial charge in [0.25, 0.3) is 0 Å². The standard InChI is InChI=1S/C15H26N4O2/c1-11(12-2-4-16-5-3-12)8-14(20)18-6-7-19-13(10-18)9-17-15(19)21/h11-13,16H,2-10H2,1H3,(H,17,21). The number of piperidine rings is 1. The van der Waals surface area contributed by atoms with E-state index >= 15 is 0 Å². The van der Waals surface area contributed by atoms with Crippen molar-refractivity contribution in [2.75, 3.05) is 39.3 Å². The third kappa shape index (κ3) is 3.15. The van der Waals surface area contributed by atoms with E-state index < -0.39 is 0 Å². The number of hydrogen-bond donors (Lipinski definition) is 2. The van der Waals surface area contributed by atoms with Gasteiger partial charge in [0.15, 0.2) is 0 Å². The molecule has 0 saturated carbocycles. The number of hydrogen-bond acceptors (Lipinski definition) is 3. The first-order chi connectivity index (χ1) is 10.1. The summed E-state index contributed by atoms with van der Waals surface area (Å²) in [5, 5.41) is 6.23. The number of piperazine rings is 1. The van der Waals surface area contributed by atoms with Crippen molar-refractivity contribution in [1.82, 2.24) is 20.4 Å². The molecule has 0 spiro atoms. The van der Waals surface area contributed by atoms with Crippen LogP contribution < -0.4 is 10.6 Å². The molecule has 0 aromatic carbocycles. The molecular weight excluding hydrogens is 268 g/mol. The van der Waals surface area contributed by atoms with Crippen LogP contribution in [0.2, 0.25) is 0 Å². The first kappa shape index (κ1) is 14.6. The fourth-order valence-corrected chi connectivity index (χ4v) is 3.82. The number of fused-ring (bicyclic) bond motifs is 1. The van der Waals surface area contributed by atoms with Crippen LogP contribution in [0, 0.1) is 11.8 Å². The Balaban J connectivity index is 1.50. The molecule has 3 amide bonds. The van der Waals surface area contributed by atoms with Crippen molar-refractivity contribution in [2.24, 2.45) is 11.8 Å². The average molecular weight is 294 g/mol. The topological polar surface area (TPSA) is 64.7 Å².